The van der Waals surface area contributed by atoms with E-state index in [4.69, 9.17) is 16.3 Å². The first-order chi connectivity index (χ1) is 13.5. The maximum Gasteiger partial charge on any atom is 0.323 e. The molecule has 0 aliphatic carbocycles. The van der Waals surface area contributed by atoms with Crippen LogP contribution in [0.3, 0.4) is 0 Å². The topological polar surface area (TPSA) is 79.0 Å². The summed E-state index contributed by atoms with van der Waals surface area (Å²) in [6.45, 7) is 4.23. The second-order valence-electron chi connectivity index (χ2n) is 6.85. The molecule has 2 amide bonds. The standard InChI is InChI=1S/C21H23ClN4O2/c1-13(2)10-18-20(24-21(27)23-16-8-5-7-15(22)12-16)19(26-25-18)14-6-4-9-17(11-14)28-3/h4-9,11-13H,10H2,1-3H3,(H,25,26)(H2,23,24,27). The number of aromatic nitrogens is 2. The van der Waals surface area contributed by atoms with Crippen LogP contribution in [-0.4, -0.2) is 23.3 Å². The fourth-order valence-electron chi connectivity index (χ4n) is 2.89. The van der Waals surface area contributed by atoms with E-state index in [2.05, 4.69) is 34.7 Å². The molecule has 3 N–H and O–H groups in total. The molecule has 0 atom stereocenters. The van der Waals surface area contributed by atoms with Gasteiger partial charge in [-0.2, -0.15) is 5.10 Å². The summed E-state index contributed by atoms with van der Waals surface area (Å²) in [5.41, 5.74) is 3.65. The molecule has 0 saturated carbocycles. The molecule has 0 saturated heterocycles. The Labute approximate surface area is 169 Å². The Hall–Kier alpha value is -2.99. The number of anilines is 2. The predicted molar refractivity (Wildman–Crippen MR) is 113 cm³/mol. The molecule has 6 nitrogen and oxygen atoms in total. The zero-order valence-electron chi connectivity index (χ0n) is 16.0. The Bertz CT molecular complexity index is 969. The average Bonchev–Trinajstić information content (AvgIpc) is 3.03. The minimum absolute atomic E-state index is 0.363. The highest BCUT2D eigenvalue weighted by Crippen LogP contribution is 2.32. The molecule has 2 aromatic carbocycles. The van der Waals surface area contributed by atoms with Crippen LogP contribution in [0.15, 0.2) is 48.5 Å². The average molecular weight is 399 g/mol. The van der Waals surface area contributed by atoms with Crippen LogP contribution in [0.25, 0.3) is 11.3 Å². The number of rotatable bonds is 6. The van der Waals surface area contributed by atoms with Crippen molar-refractivity contribution in [3.05, 3.63) is 59.2 Å². The molecule has 7 heteroatoms. The first kappa shape index (κ1) is 19.8. The number of halogens is 1. The minimum Gasteiger partial charge on any atom is -0.497 e. The Morgan fingerprint density at radius 1 is 1.18 bits per heavy atom. The van der Waals surface area contributed by atoms with E-state index in [1.807, 2.05) is 24.3 Å². The molecule has 0 bridgehead atoms. The summed E-state index contributed by atoms with van der Waals surface area (Å²) < 4.78 is 5.31. The van der Waals surface area contributed by atoms with E-state index in [-0.39, 0.29) is 6.03 Å². The summed E-state index contributed by atoms with van der Waals surface area (Å²) in [4.78, 5) is 12.6. The number of benzene rings is 2. The van der Waals surface area contributed by atoms with Crippen molar-refractivity contribution in [2.45, 2.75) is 20.3 Å². The van der Waals surface area contributed by atoms with Gasteiger partial charge in [0.1, 0.15) is 11.4 Å². The van der Waals surface area contributed by atoms with Crippen LogP contribution in [0.2, 0.25) is 5.02 Å². The molecule has 0 unspecified atom stereocenters. The monoisotopic (exact) mass is 398 g/mol. The zero-order valence-corrected chi connectivity index (χ0v) is 16.8. The van der Waals surface area contributed by atoms with Gasteiger partial charge in [-0.05, 0) is 42.7 Å². The van der Waals surface area contributed by atoms with Crippen LogP contribution < -0.4 is 15.4 Å². The Morgan fingerprint density at radius 2 is 1.96 bits per heavy atom. The zero-order chi connectivity index (χ0) is 20.1. The van der Waals surface area contributed by atoms with Gasteiger partial charge in [-0.25, -0.2) is 4.79 Å². The molecule has 28 heavy (non-hydrogen) atoms. The lowest BCUT2D eigenvalue weighted by Crippen LogP contribution is -2.20. The molecule has 0 radical (unpaired) electrons. The fourth-order valence-corrected chi connectivity index (χ4v) is 3.08. The van der Waals surface area contributed by atoms with Crippen molar-refractivity contribution in [1.82, 2.24) is 10.2 Å². The van der Waals surface area contributed by atoms with Crippen LogP contribution >= 0.6 is 11.6 Å². The number of aromatic amines is 1. The normalized spacial score (nSPS) is 10.8. The highest BCUT2D eigenvalue weighted by molar-refractivity contribution is 6.30. The van der Waals surface area contributed by atoms with Crippen molar-refractivity contribution >= 4 is 29.0 Å². The molecule has 3 aromatic rings. The number of ether oxygens (including phenoxy) is 1. The Kier molecular flexibility index (Phi) is 6.21. The number of amides is 2. The number of hydrogen-bond acceptors (Lipinski definition) is 3. The van der Waals surface area contributed by atoms with Crippen LogP contribution in [-0.2, 0) is 6.42 Å². The van der Waals surface area contributed by atoms with Crippen molar-refractivity contribution in [2.24, 2.45) is 5.92 Å². The van der Waals surface area contributed by atoms with E-state index in [1.54, 1.807) is 31.4 Å². The van der Waals surface area contributed by atoms with Gasteiger partial charge in [-0.3, -0.25) is 5.10 Å². The van der Waals surface area contributed by atoms with Gasteiger partial charge in [0, 0.05) is 16.3 Å². The van der Waals surface area contributed by atoms with Gasteiger partial charge in [0.05, 0.1) is 18.5 Å². The van der Waals surface area contributed by atoms with E-state index < -0.39 is 0 Å². The molecule has 0 aliphatic heterocycles. The van der Waals surface area contributed by atoms with Gasteiger partial charge in [0.15, 0.2) is 0 Å². The van der Waals surface area contributed by atoms with Gasteiger partial charge in [0.2, 0.25) is 0 Å². The Balaban J connectivity index is 1.90. The van der Waals surface area contributed by atoms with Gasteiger partial charge in [-0.1, -0.05) is 43.6 Å². The number of nitrogens with zero attached hydrogens (tertiary/aromatic N) is 1. The van der Waals surface area contributed by atoms with Crippen molar-refractivity contribution in [1.29, 1.82) is 0 Å². The summed E-state index contributed by atoms with van der Waals surface area (Å²) in [6, 6.07) is 14.2. The third-order valence-electron chi connectivity index (χ3n) is 4.12. The second-order valence-corrected chi connectivity index (χ2v) is 7.28. The molecular weight excluding hydrogens is 376 g/mol. The number of methoxy groups -OCH3 is 1. The van der Waals surface area contributed by atoms with Crippen molar-refractivity contribution < 1.29 is 9.53 Å². The van der Waals surface area contributed by atoms with E-state index in [0.29, 0.717) is 28.0 Å². The molecule has 1 aromatic heterocycles. The Morgan fingerprint density at radius 3 is 2.68 bits per heavy atom. The van der Waals surface area contributed by atoms with Crippen molar-refractivity contribution in [2.75, 3.05) is 17.7 Å². The smallest absolute Gasteiger partial charge is 0.323 e. The van der Waals surface area contributed by atoms with E-state index in [9.17, 15) is 4.79 Å². The highest BCUT2D eigenvalue weighted by Gasteiger charge is 2.18. The largest absolute Gasteiger partial charge is 0.497 e. The van der Waals surface area contributed by atoms with Gasteiger partial charge in [-0.15, -0.1) is 0 Å². The molecule has 146 valence electrons. The summed E-state index contributed by atoms with van der Waals surface area (Å²) in [7, 11) is 1.62. The predicted octanol–water partition coefficient (Wildman–Crippen LogP) is 5.58. The summed E-state index contributed by atoms with van der Waals surface area (Å²) in [5, 5.41) is 13.8. The summed E-state index contributed by atoms with van der Waals surface area (Å²) >= 11 is 5.99. The van der Waals surface area contributed by atoms with Crippen LogP contribution in [0.1, 0.15) is 19.5 Å². The molecule has 3 rings (SSSR count). The first-order valence-electron chi connectivity index (χ1n) is 9.01. The third kappa shape index (κ3) is 4.84. The quantitative estimate of drug-likeness (QED) is 0.507. The van der Waals surface area contributed by atoms with Gasteiger partial charge < -0.3 is 15.4 Å². The van der Waals surface area contributed by atoms with Gasteiger partial charge in [0.25, 0.3) is 0 Å². The maximum absolute atomic E-state index is 12.6. The molecular formula is C21H23ClN4O2. The highest BCUT2D eigenvalue weighted by atomic mass is 35.5. The van der Waals surface area contributed by atoms with Crippen molar-refractivity contribution in [3.63, 3.8) is 0 Å². The van der Waals surface area contributed by atoms with E-state index >= 15 is 0 Å². The lowest BCUT2D eigenvalue weighted by atomic mass is 10.0. The molecule has 0 fully saturated rings. The van der Waals surface area contributed by atoms with Crippen molar-refractivity contribution in [3.8, 4) is 17.0 Å². The molecule has 0 aliphatic rings. The number of carbonyl (C=O) groups excluding carboxylic acids is 1. The van der Waals surface area contributed by atoms with Crippen LogP contribution in [0.4, 0.5) is 16.2 Å². The lowest BCUT2D eigenvalue weighted by molar-refractivity contribution is 0.262. The molecule has 0 spiro atoms. The second kappa shape index (κ2) is 8.80. The number of H-pyrrole nitrogens is 1. The maximum atomic E-state index is 12.6. The van der Waals surface area contributed by atoms with Crippen LogP contribution in [0, 0.1) is 5.92 Å². The van der Waals surface area contributed by atoms with Gasteiger partial charge >= 0.3 is 6.03 Å². The first-order valence-corrected chi connectivity index (χ1v) is 9.39. The molecule has 1 heterocycles. The summed E-state index contributed by atoms with van der Waals surface area (Å²) in [6.07, 6.45) is 0.754. The summed E-state index contributed by atoms with van der Waals surface area (Å²) in [5.74, 6) is 1.12. The minimum atomic E-state index is -0.363. The number of carbonyl (C=O) groups is 1. The SMILES string of the molecule is COc1cccc(-c2n[nH]c(CC(C)C)c2NC(=O)Nc2cccc(Cl)c2)c1. The number of nitrogens with one attached hydrogen (secondary N) is 3. The van der Waals surface area contributed by atoms with E-state index in [0.717, 1.165) is 23.4 Å². The number of hydrogen-bond donors (Lipinski definition) is 3. The fraction of sp³-hybridized carbons (Fsp3) is 0.238. The van der Waals surface area contributed by atoms with E-state index in [1.165, 1.54) is 0 Å². The third-order valence-corrected chi connectivity index (χ3v) is 4.35. The number of urea groups is 1. The lowest BCUT2D eigenvalue weighted by Gasteiger charge is -2.12. The van der Waals surface area contributed by atoms with Crippen LogP contribution in [0.5, 0.6) is 5.75 Å².